The topological polar surface area (TPSA) is 29.5 Å². The Balaban J connectivity index is 1.36. The van der Waals surface area contributed by atoms with Crippen molar-refractivity contribution >= 4 is 39.1 Å². The number of amides is 1. The van der Waals surface area contributed by atoms with Crippen LogP contribution >= 0.6 is 11.6 Å². The fourth-order valence-corrected chi connectivity index (χ4v) is 5.29. The van der Waals surface area contributed by atoms with Crippen LogP contribution in [-0.2, 0) is 11.3 Å². The summed E-state index contributed by atoms with van der Waals surface area (Å²) in [6.45, 7) is 6.91. The van der Waals surface area contributed by atoms with Gasteiger partial charge >= 0.3 is 0 Å². The van der Waals surface area contributed by atoms with Crippen LogP contribution in [-0.4, -0.2) is 23.5 Å². The first-order valence-corrected chi connectivity index (χ1v) is 13.3. The third-order valence-corrected chi connectivity index (χ3v) is 7.53. The molecule has 1 amide bonds. The Hall–Kier alpha value is -3.82. The molecule has 0 bridgehead atoms. The van der Waals surface area contributed by atoms with Crippen LogP contribution in [0.15, 0.2) is 109 Å². The van der Waals surface area contributed by atoms with E-state index in [4.69, 9.17) is 16.3 Å². The van der Waals surface area contributed by atoms with Gasteiger partial charge in [0.2, 0.25) is 5.91 Å². The first-order chi connectivity index (χ1) is 18.5. The summed E-state index contributed by atoms with van der Waals surface area (Å²) in [6, 6.07) is 36.8. The molecule has 4 heteroatoms. The van der Waals surface area contributed by atoms with Crippen molar-refractivity contribution in [1.82, 2.24) is 4.90 Å². The molecule has 0 spiro atoms. The average Bonchev–Trinajstić information content (AvgIpc) is 2.94. The van der Waals surface area contributed by atoms with E-state index in [-0.39, 0.29) is 17.9 Å². The van der Waals surface area contributed by atoms with Crippen molar-refractivity contribution < 1.29 is 9.53 Å². The molecule has 0 heterocycles. The summed E-state index contributed by atoms with van der Waals surface area (Å²) in [4.78, 5) is 14.7. The Labute approximate surface area is 229 Å². The number of hydrogen-bond acceptors (Lipinski definition) is 2. The second kappa shape index (κ2) is 11.7. The fourth-order valence-electron chi connectivity index (χ4n) is 5.17. The highest BCUT2D eigenvalue weighted by Gasteiger charge is 2.27. The van der Waals surface area contributed by atoms with Crippen LogP contribution in [0.1, 0.15) is 30.4 Å². The maximum absolute atomic E-state index is 12.8. The van der Waals surface area contributed by atoms with E-state index in [1.54, 1.807) is 0 Å². The first kappa shape index (κ1) is 25.8. The van der Waals surface area contributed by atoms with E-state index in [0.29, 0.717) is 18.2 Å². The van der Waals surface area contributed by atoms with Crippen molar-refractivity contribution in [3.05, 3.63) is 132 Å². The van der Waals surface area contributed by atoms with Crippen LogP contribution < -0.4 is 4.74 Å². The first-order valence-electron chi connectivity index (χ1n) is 13.0. The third-order valence-electron chi connectivity index (χ3n) is 7.28. The quantitative estimate of drug-likeness (QED) is 0.195. The summed E-state index contributed by atoms with van der Waals surface area (Å²) in [6.07, 6.45) is 0.733. The molecule has 0 saturated carbocycles. The van der Waals surface area contributed by atoms with Crippen molar-refractivity contribution in [2.75, 3.05) is 6.61 Å². The van der Waals surface area contributed by atoms with Crippen LogP contribution in [0, 0.1) is 6.92 Å². The summed E-state index contributed by atoms with van der Waals surface area (Å²) in [5.41, 5.74) is 2.20. The number of halogens is 1. The molecule has 0 aliphatic heterocycles. The molecule has 2 atom stereocenters. The molecule has 5 aromatic carbocycles. The normalized spacial score (nSPS) is 12.8. The minimum Gasteiger partial charge on any atom is -0.494 e. The number of carbonyl (C=O) groups excluding carboxylic acids is 1. The molecule has 0 aliphatic carbocycles. The fraction of sp³-hybridized carbons (Fsp3) is 0.176. The highest BCUT2D eigenvalue weighted by atomic mass is 35.5. The highest BCUT2D eigenvalue weighted by Crippen LogP contribution is 2.30. The molecule has 1 radical (unpaired) electrons. The minimum atomic E-state index is -0.194. The molecule has 0 aromatic heterocycles. The molecule has 2 unspecified atom stereocenters. The molecular weight excluding hydrogens is 490 g/mol. The molecule has 0 N–H and O–H groups in total. The van der Waals surface area contributed by atoms with E-state index in [9.17, 15) is 4.79 Å². The maximum atomic E-state index is 12.8. The summed E-state index contributed by atoms with van der Waals surface area (Å²) >= 11 is 6.20. The number of nitrogens with zero attached hydrogens (tertiary/aromatic N) is 1. The SMILES string of the molecule is [CH2]C(=O)N(Cc1ccc2ccccc2c1)C(C)C(CCOc1ccc2ccccc2c1)c1ccc(Cl)cc1. The van der Waals surface area contributed by atoms with E-state index < -0.39 is 0 Å². The van der Waals surface area contributed by atoms with Crippen molar-refractivity contribution in [2.24, 2.45) is 0 Å². The standard InChI is InChI=1S/C34H31ClNO2/c1-24(36(25(2)37)23-26-11-12-27-7-3-5-9-30(27)21-26)34(29-13-16-32(35)17-14-29)19-20-38-33-18-15-28-8-4-6-10-31(28)22-33/h3-18,21-22,24,34H,2,19-20,23H2,1H3. The van der Waals surface area contributed by atoms with E-state index in [2.05, 4.69) is 68.4 Å². The molecule has 0 fully saturated rings. The molecule has 38 heavy (non-hydrogen) atoms. The second-order valence-electron chi connectivity index (χ2n) is 9.75. The number of fused-ring (bicyclic) bond motifs is 2. The summed E-state index contributed by atoms with van der Waals surface area (Å²) in [7, 11) is 0. The van der Waals surface area contributed by atoms with Gasteiger partial charge in [-0.2, -0.15) is 0 Å². The van der Waals surface area contributed by atoms with Crippen molar-refractivity contribution in [2.45, 2.75) is 31.8 Å². The minimum absolute atomic E-state index is 0.0406. The zero-order valence-electron chi connectivity index (χ0n) is 21.5. The van der Waals surface area contributed by atoms with Gasteiger partial charge in [-0.25, -0.2) is 0 Å². The largest absolute Gasteiger partial charge is 0.494 e. The van der Waals surface area contributed by atoms with E-state index in [1.165, 1.54) is 10.8 Å². The smallest absolute Gasteiger partial charge is 0.223 e. The number of benzene rings is 5. The van der Waals surface area contributed by atoms with Crippen LogP contribution in [0.25, 0.3) is 21.5 Å². The molecule has 5 aromatic rings. The molecule has 191 valence electrons. The monoisotopic (exact) mass is 520 g/mol. The van der Waals surface area contributed by atoms with Gasteiger partial charge in [0.15, 0.2) is 0 Å². The Morgan fingerprint density at radius 2 is 1.42 bits per heavy atom. The van der Waals surface area contributed by atoms with Gasteiger partial charge in [-0.1, -0.05) is 90.5 Å². The Morgan fingerprint density at radius 1 is 0.816 bits per heavy atom. The Morgan fingerprint density at radius 3 is 2.08 bits per heavy atom. The molecule has 3 nitrogen and oxygen atoms in total. The van der Waals surface area contributed by atoms with Gasteiger partial charge in [0.1, 0.15) is 5.75 Å². The van der Waals surface area contributed by atoms with Crippen molar-refractivity contribution in [1.29, 1.82) is 0 Å². The Bertz CT molecular complexity index is 1550. The van der Waals surface area contributed by atoms with Gasteiger partial charge in [-0.3, -0.25) is 4.79 Å². The van der Waals surface area contributed by atoms with Gasteiger partial charge in [-0.05, 0) is 76.3 Å². The maximum Gasteiger partial charge on any atom is 0.223 e. The highest BCUT2D eigenvalue weighted by molar-refractivity contribution is 6.30. The van der Waals surface area contributed by atoms with Crippen LogP contribution in [0.3, 0.4) is 0 Å². The summed E-state index contributed by atoms with van der Waals surface area (Å²) < 4.78 is 6.20. The molecule has 0 aliphatic rings. The third kappa shape index (κ3) is 6.00. The van der Waals surface area contributed by atoms with Crippen LogP contribution in [0.5, 0.6) is 5.75 Å². The van der Waals surface area contributed by atoms with Gasteiger partial charge < -0.3 is 9.64 Å². The van der Waals surface area contributed by atoms with Gasteiger partial charge in [-0.15, -0.1) is 0 Å². The molecule has 0 saturated heterocycles. The Kier molecular flexibility index (Phi) is 7.95. The number of rotatable bonds is 9. The van der Waals surface area contributed by atoms with E-state index in [1.807, 2.05) is 59.5 Å². The average molecular weight is 521 g/mol. The lowest BCUT2D eigenvalue weighted by Crippen LogP contribution is -2.41. The number of hydrogen-bond donors (Lipinski definition) is 0. The zero-order valence-corrected chi connectivity index (χ0v) is 22.3. The van der Waals surface area contributed by atoms with E-state index in [0.717, 1.165) is 34.1 Å². The van der Waals surface area contributed by atoms with Crippen LogP contribution in [0.4, 0.5) is 0 Å². The van der Waals surface area contributed by atoms with Gasteiger partial charge in [0, 0.05) is 30.5 Å². The summed E-state index contributed by atoms with van der Waals surface area (Å²) in [5.74, 6) is 0.686. The zero-order chi connectivity index (χ0) is 26.5. The van der Waals surface area contributed by atoms with Gasteiger partial charge in [0.25, 0.3) is 0 Å². The van der Waals surface area contributed by atoms with Crippen molar-refractivity contribution in [3.63, 3.8) is 0 Å². The second-order valence-corrected chi connectivity index (χ2v) is 10.2. The molecular formula is C34H31ClNO2. The van der Waals surface area contributed by atoms with Crippen molar-refractivity contribution in [3.8, 4) is 5.75 Å². The molecule has 5 rings (SSSR count). The number of ether oxygens (including phenoxy) is 1. The lowest BCUT2D eigenvalue weighted by Gasteiger charge is -2.35. The van der Waals surface area contributed by atoms with Gasteiger partial charge in [0.05, 0.1) is 6.61 Å². The lowest BCUT2D eigenvalue weighted by molar-refractivity contribution is -0.129. The predicted molar refractivity (Wildman–Crippen MR) is 158 cm³/mol. The number of carbonyl (C=O) groups is 1. The van der Waals surface area contributed by atoms with Crippen LogP contribution in [0.2, 0.25) is 5.02 Å². The summed E-state index contributed by atoms with van der Waals surface area (Å²) in [5, 5.41) is 5.37. The predicted octanol–water partition coefficient (Wildman–Crippen LogP) is 8.45. The lowest BCUT2D eigenvalue weighted by atomic mass is 9.88. The van der Waals surface area contributed by atoms with E-state index >= 15 is 0 Å².